The summed E-state index contributed by atoms with van der Waals surface area (Å²) in [4.78, 5) is 17.3. The van der Waals surface area contributed by atoms with E-state index in [1.54, 1.807) is 25.1 Å². The average Bonchev–Trinajstić information content (AvgIpc) is 3.04. The summed E-state index contributed by atoms with van der Waals surface area (Å²) < 4.78 is 19.1. The van der Waals surface area contributed by atoms with Crippen LogP contribution in [-0.4, -0.2) is 16.0 Å². The second-order valence-corrected chi connectivity index (χ2v) is 5.80. The van der Waals surface area contributed by atoms with Crippen LogP contribution in [0.3, 0.4) is 0 Å². The van der Waals surface area contributed by atoms with Gasteiger partial charge in [-0.05, 0) is 25.1 Å². The van der Waals surface area contributed by atoms with Crippen molar-refractivity contribution in [3.05, 3.63) is 77.7 Å². The molecule has 1 amide bonds. The topological polar surface area (TPSA) is 68.0 Å². The molecule has 0 spiro atoms. The Hall–Kier alpha value is -3.54. The maximum absolute atomic E-state index is 13.9. The van der Waals surface area contributed by atoms with Crippen LogP contribution >= 0.6 is 0 Å². The van der Waals surface area contributed by atoms with Crippen LogP contribution in [0, 0.1) is 12.7 Å². The molecule has 1 N–H and O–H groups in total. The molecule has 0 bridgehead atoms. The fourth-order valence-corrected chi connectivity index (χ4v) is 2.78. The van der Waals surface area contributed by atoms with Gasteiger partial charge in [0.1, 0.15) is 5.82 Å². The molecule has 4 rings (SSSR count). The number of hydrogen-bond acceptors (Lipinski definition) is 4. The number of fused-ring (bicyclic) bond motifs is 1. The highest BCUT2D eigenvalue weighted by Gasteiger charge is 2.20. The molecule has 0 fully saturated rings. The third kappa shape index (κ3) is 2.82. The van der Waals surface area contributed by atoms with Gasteiger partial charge in [0.25, 0.3) is 11.6 Å². The van der Waals surface area contributed by atoms with E-state index >= 15 is 0 Å². The van der Waals surface area contributed by atoms with Crippen molar-refractivity contribution in [2.75, 3.05) is 5.32 Å². The van der Waals surface area contributed by atoms with E-state index in [0.29, 0.717) is 22.3 Å². The van der Waals surface area contributed by atoms with E-state index < -0.39 is 11.7 Å². The highest BCUT2D eigenvalue weighted by molar-refractivity contribution is 6.13. The smallest absolute Gasteiger partial charge is 0.259 e. The molecule has 2 aromatic heterocycles. The Kier molecular flexibility index (Phi) is 3.93. The van der Waals surface area contributed by atoms with E-state index in [1.807, 2.05) is 30.3 Å². The van der Waals surface area contributed by atoms with Gasteiger partial charge in [0.15, 0.2) is 0 Å². The van der Waals surface area contributed by atoms with E-state index in [1.165, 1.54) is 12.1 Å². The van der Waals surface area contributed by atoms with Crippen molar-refractivity contribution in [1.29, 1.82) is 0 Å². The van der Waals surface area contributed by atoms with E-state index in [-0.39, 0.29) is 11.4 Å². The number of aryl methyl sites for hydroxylation is 1. The lowest BCUT2D eigenvalue weighted by atomic mass is 10.0. The molecule has 128 valence electrons. The average molecular weight is 347 g/mol. The SMILES string of the molecule is Cc1noc2nc(-c3ccccc3)cc(C(=O)Nc3ccccc3F)c12. The van der Waals surface area contributed by atoms with Gasteiger partial charge in [0.2, 0.25) is 0 Å². The summed E-state index contributed by atoms with van der Waals surface area (Å²) in [7, 11) is 0. The van der Waals surface area contributed by atoms with Crippen LogP contribution in [-0.2, 0) is 0 Å². The number of hydrogen-bond donors (Lipinski definition) is 1. The van der Waals surface area contributed by atoms with Gasteiger partial charge in [-0.25, -0.2) is 9.37 Å². The molecule has 0 radical (unpaired) electrons. The van der Waals surface area contributed by atoms with Crippen LogP contribution in [0.1, 0.15) is 16.1 Å². The number of rotatable bonds is 3. The first-order valence-electron chi connectivity index (χ1n) is 8.02. The number of anilines is 1. The normalized spacial score (nSPS) is 10.8. The molecule has 0 atom stereocenters. The number of benzene rings is 2. The lowest BCUT2D eigenvalue weighted by Gasteiger charge is -2.09. The van der Waals surface area contributed by atoms with Crippen LogP contribution in [0.2, 0.25) is 0 Å². The van der Waals surface area contributed by atoms with Gasteiger partial charge in [-0.1, -0.05) is 47.6 Å². The quantitative estimate of drug-likeness (QED) is 0.588. The molecule has 0 saturated heterocycles. The Labute approximate surface area is 148 Å². The first-order chi connectivity index (χ1) is 12.6. The molecule has 2 aromatic carbocycles. The highest BCUT2D eigenvalue weighted by Crippen LogP contribution is 2.27. The summed E-state index contributed by atoms with van der Waals surface area (Å²) in [5.74, 6) is -0.956. The molecule has 0 aliphatic carbocycles. The number of aromatic nitrogens is 2. The summed E-state index contributed by atoms with van der Waals surface area (Å²) in [6.07, 6.45) is 0. The number of pyridine rings is 1. The number of carbonyl (C=O) groups excluding carboxylic acids is 1. The van der Waals surface area contributed by atoms with Gasteiger partial charge in [-0.2, -0.15) is 0 Å². The minimum absolute atomic E-state index is 0.109. The Morgan fingerprint density at radius 3 is 2.58 bits per heavy atom. The maximum Gasteiger partial charge on any atom is 0.259 e. The van der Waals surface area contributed by atoms with Crippen molar-refractivity contribution in [2.24, 2.45) is 0 Å². The molecule has 4 aromatic rings. The van der Waals surface area contributed by atoms with Crippen molar-refractivity contribution in [3.63, 3.8) is 0 Å². The fourth-order valence-electron chi connectivity index (χ4n) is 2.78. The fraction of sp³-hybridized carbons (Fsp3) is 0.0500. The van der Waals surface area contributed by atoms with E-state index in [0.717, 1.165) is 5.56 Å². The van der Waals surface area contributed by atoms with Gasteiger partial charge in [0, 0.05) is 5.56 Å². The van der Waals surface area contributed by atoms with E-state index in [4.69, 9.17) is 4.52 Å². The number of carbonyl (C=O) groups is 1. The Bertz CT molecular complexity index is 1110. The summed E-state index contributed by atoms with van der Waals surface area (Å²) in [5, 5.41) is 7.02. The predicted octanol–water partition coefficient (Wildman–Crippen LogP) is 4.59. The molecular formula is C20H14FN3O2. The second-order valence-electron chi connectivity index (χ2n) is 5.80. The molecule has 0 aliphatic heterocycles. The van der Waals surface area contributed by atoms with Crippen LogP contribution in [0.25, 0.3) is 22.4 Å². The Morgan fingerprint density at radius 2 is 1.81 bits per heavy atom. The third-order valence-corrected chi connectivity index (χ3v) is 4.05. The van der Waals surface area contributed by atoms with Gasteiger partial charge >= 0.3 is 0 Å². The van der Waals surface area contributed by atoms with Crippen LogP contribution in [0.4, 0.5) is 10.1 Å². The first kappa shape index (κ1) is 16.0. The van der Waals surface area contributed by atoms with Crippen molar-refractivity contribution >= 4 is 22.7 Å². The van der Waals surface area contributed by atoms with Crippen molar-refractivity contribution < 1.29 is 13.7 Å². The summed E-state index contributed by atoms with van der Waals surface area (Å²) in [5.41, 5.74) is 2.67. The zero-order valence-corrected chi connectivity index (χ0v) is 13.9. The van der Waals surface area contributed by atoms with Crippen LogP contribution in [0.15, 0.2) is 65.2 Å². The molecule has 26 heavy (non-hydrogen) atoms. The Balaban J connectivity index is 1.84. The van der Waals surface area contributed by atoms with Crippen LogP contribution < -0.4 is 5.32 Å². The van der Waals surface area contributed by atoms with Gasteiger partial charge in [0.05, 0.1) is 28.0 Å². The van der Waals surface area contributed by atoms with Gasteiger partial charge in [-0.3, -0.25) is 4.79 Å². The molecular weight excluding hydrogens is 333 g/mol. The molecule has 6 heteroatoms. The highest BCUT2D eigenvalue weighted by atomic mass is 19.1. The van der Waals surface area contributed by atoms with Crippen molar-refractivity contribution in [3.8, 4) is 11.3 Å². The Morgan fingerprint density at radius 1 is 1.08 bits per heavy atom. The molecule has 0 unspecified atom stereocenters. The number of para-hydroxylation sites is 1. The third-order valence-electron chi connectivity index (χ3n) is 4.05. The lowest BCUT2D eigenvalue weighted by molar-refractivity contribution is 0.102. The summed E-state index contributed by atoms with van der Waals surface area (Å²) in [6, 6.07) is 17.1. The van der Waals surface area contributed by atoms with E-state index in [2.05, 4.69) is 15.5 Å². The maximum atomic E-state index is 13.9. The summed E-state index contributed by atoms with van der Waals surface area (Å²) >= 11 is 0. The monoisotopic (exact) mass is 347 g/mol. The standard InChI is InChI=1S/C20H14FN3O2/c1-12-18-14(19(25)22-16-10-6-5-9-15(16)21)11-17(23-20(18)26-24-12)13-7-3-2-4-8-13/h2-11H,1H3,(H,22,25). The first-order valence-corrected chi connectivity index (χ1v) is 8.02. The number of nitrogens with zero attached hydrogens (tertiary/aromatic N) is 2. The van der Waals surface area contributed by atoms with Crippen molar-refractivity contribution in [2.45, 2.75) is 6.92 Å². The minimum atomic E-state index is -0.503. The van der Waals surface area contributed by atoms with Gasteiger partial charge < -0.3 is 9.84 Å². The number of halogens is 1. The molecule has 2 heterocycles. The zero-order valence-electron chi connectivity index (χ0n) is 13.9. The second kappa shape index (κ2) is 6.40. The predicted molar refractivity (Wildman–Crippen MR) is 96.3 cm³/mol. The molecule has 0 saturated carbocycles. The van der Waals surface area contributed by atoms with Gasteiger partial charge in [-0.15, -0.1) is 0 Å². The minimum Gasteiger partial charge on any atom is -0.335 e. The van der Waals surface area contributed by atoms with Crippen molar-refractivity contribution in [1.82, 2.24) is 10.1 Å². The summed E-state index contributed by atoms with van der Waals surface area (Å²) in [6.45, 7) is 1.73. The largest absolute Gasteiger partial charge is 0.335 e. The number of nitrogens with one attached hydrogen (secondary N) is 1. The lowest BCUT2D eigenvalue weighted by Crippen LogP contribution is -2.14. The van der Waals surface area contributed by atoms with E-state index in [9.17, 15) is 9.18 Å². The molecule has 0 aliphatic rings. The molecule has 5 nitrogen and oxygen atoms in total. The number of amides is 1. The zero-order chi connectivity index (χ0) is 18.1. The van der Waals surface area contributed by atoms with Crippen LogP contribution in [0.5, 0.6) is 0 Å².